The van der Waals surface area contributed by atoms with Crippen molar-refractivity contribution >= 4 is 11.6 Å². The van der Waals surface area contributed by atoms with Gasteiger partial charge in [0.25, 0.3) is 5.91 Å². The number of rotatable bonds is 6. The average molecular weight is 487 g/mol. The van der Waals surface area contributed by atoms with Crippen LogP contribution < -0.4 is 10.1 Å². The number of aromatic nitrogens is 4. The van der Waals surface area contributed by atoms with E-state index in [1.165, 1.54) is 0 Å². The molecule has 8 nitrogen and oxygen atoms in total. The molecule has 1 aliphatic rings. The lowest BCUT2D eigenvalue weighted by Gasteiger charge is -2.24. The predicted molar refractivity (Wildman–Crippen MR) is 121 cm³/mol. The number of nitrogens with zero attached hydrogens (tertiary/aromatic N) is 4. The molecule has 1 N–H and O–H groups in total. The summed E-state index contributed by atoms with van der Waals surface area (Å²) < 4.78 is 50.9. The van der Waals surface area contributed by atoms with E-state index in [0.717, 1.165) is 36.2 Å². The summed E-state index contributed by atoms with van der Waals surface area (Å²) >= 11 is 0. The van der Waals surface area contributed by atoms with Gasteiger partial charge in [-0.1, -0.05) is 6.07 Å². The average Bonchev–Trinajstić information content (AvgIpc) is 2.85. The maximum Gasteiger partial charge on any atom is 0.435 e. The van der Waals surface area contributed by atoms with Gasteiger partial charge >= 0.3 is 6.18 Å². The van der Waals surface area contributed by atoms with Gasteiger partial charge in [0.15, 0.2) is 5.69 Å². The van der Waals surface area contributed by atoms with Crippen LogP contribution in [-0.2, 0) is 10.9 Å². The van der Waals surface area contributed by atoms with Gasteiger partial charge in [-0.3, -0.25) is 4.79 Å². The predicted octanol–water partition coefficient (Wildman–Crippen LogP) is 4.81. The molecule has 0 unspecified atom stereocenters. The quantitative estimate of drug-likeness (QED) is 0.533. The highest BCUT2D eigenvalue weighted by molar-refractivity contribution is 6.05. The number of hydrogen-bond donors (Lipinski definition) is 1. The van der Waals surface area contributed by atoms with E-state index in [0.29, 0.717) is 42.6 Å². The fourth-order valence-electron chi connectivity index (χ4n) is 3.98. The van der Waals surface area contributed by atoms with Gasteiger partial charge in [0, 0.05) is 30.0 Å². The molecule has 35 heavy (non-hydrogen) atoms. The van der Waals surface area contributed by atoms with Gasteiger partial charge in [-0.25, -0.2) is 0 Å². The van der Waals surface area contributed by atoms with Gasteiger partial charge in [0.2, 0.25) is 5.88 Å². The first kappa shape index (κ1) is 24.5. The fourth-order valence-corrected chi connectivity index (χ4v) is 3.98. The van der Waals surface area contributed by atoms with E-state index in [1.54, 1.807) is 18.2 Å². The van der Waals surface area contributed by atoms with E-state index >= 15 is 0 Å². The number of carbonyl (C=O) groups is 1. The standard InChI is InChI=1S/C24H24F3N5O3/c1-3-35-23-19(15-7-10-34-11-8-15)13-20(30-32-23)18-12-16(5-4-14(18)2)29-22(33)17-6-9-28-31-21(17)24(25,26)27/h4-6,9,12-13,15H,3,7-8,10-11H2,1-2H3,(H,29,33). The molecule has 2 aromatic heterocycles. The highest BCUT2D eigenvalue weighted by atomic mass is 19.4. The zero-order valence-electron chi connectivity index (χ0n) is 19.2. The van der Waals surface area contributed by atoms with Gasteiger partial charge < -0.3 is 14.8 Å². The Morgan fingerprint density at radius 2 is 1.91 bits per heavy atom. The van der Waals surface area contributed by atoms with Crippen molar-refractivity contribution in [1.82, 2.24) is 20.4 Å². The molecule has 0 radical (unpaired) electrons. The van der Waals surface area contributed by atoms with Gasteiger partial charge in [0.1, 0.15) is 0 Å². The maximum absolute atomic E-state index is 13.2. The summed E-state index contributed by atoms with van der Waals surface area (Å²) in [5.41, 5.74) is 1.41. The smallest absolute Gasteiger partial charge is 0.435 e. The Hall–Kier alpha value is -3.60. The van der Waals surface area contributed by atoms with Crippen molar-refractivity contribution in [3.63, 3.8) is 0 Å². The Morgan fingerprint density at radius 3 is 2.63 bits per heavy atom. The zero-order valence-corrected chi connectivity index (χ0v) is 19.2. The first-order valence-corrected chi connectivity index (χ1v) is 11.2. The number of aryl methyl sites for hydroxylation is 1. The molecule has 1 aliphatic heterocycles. The Balaban J connectivity index is 1.66. The molecule has 1 aromatic carbocycles. The van der Waals surface area contributed by atoms with E-state index in [9.17, 15) is 18.0 Å². The van der Waals surface area contributed by atoms with Crippen molar-refractivity contribution in [3.8, 4) is 17.1 Å². The Labute approximate surface area is 199 Å². The maximum atomic E-state index is 13.2. The molecular formula is C24H24F3N5O3. The SMILES string of the molecule is CCOc1nnc(-c2cc(NC(=O)c3ccnnc3C(F)(F)F)ccc2C)cc1C1CCOCC1. The summed E-state index contributed by atoms with van der Waals surface area (Å²) in [6.07, 6.45) is -2.10. The van der Waals surface area contributed by atoms with Crippen LogP contribution >= 0.6 is 0 Å². The van der Waals surface area contributed by atoms with Crippen LogP contribution in [0.25, 0.3) is 11.3 Å². The number of nitrogens with one attached hydrogen (secondary N) is 1. The van der Waals surface area contributed by atoms with Crippen LogP contribution in [0.3, 0.4) is 0 Å². The number of ether oxygens (including phenoxy) is 2. The van der Waals surface area contributed by atoms with Crippen LogP contribution in [-0.4, -0.2) is 46.1 Å². The zero-order chi connectivity index (χ0) is 25.0. The molecule has 0 saturated carbocycles. The largest absolute Gasteiger partial charge is 0.477 e. The number of halogens is 3. The number of benzene rings is 1. The molecule has 1 fully saturated rings. The molecule has 4 rings (SSSR count). The topological polar surface area (TPSA) is 99.1 Å². The van der Waals surface area contributed by atoms with Crippen LogP contribution in [0.5, 0.6) is 5.88 Å². The molecule has 1 amide bonds. The van der Waals surface area contributed by atoms with Crippen LogP contribution in [0.4, 0.5) is 18.9 Å². The summed E-state index contributed by atoms with van der Waals surface area (Å²) in [6, 6.07) is 7.94. The minimum absolute atomic E-state index is 0.211. The fraction of sp³-hybridized carbons (Fsp3) is 0.375. The number of carbonyl (C=O) groups excluding carboxylic acids is 1. The van der Waals surface area contributed by atoms with E-state index in [1.807, 2.05) is 19.9 Å². The lowest BCUT2D eigenvalue weighted by molar-refractivity contribution is -0.142. The Morgan fingerprint density at radius 1 is 1.14 bits per heavy atom. The monoisotopic (exact) mass is 487 g/mol. The van der Waals surface area contributed by atoms with Gasteiger partial charge in [-0.05, 0) is 62.4 Å². The number of hydrogen-bond acceptors (Lipinski definition) is 7. The number of amides is 1. The number of anilines is 1. The third-order valence-corrected chi connectivity index (χ3v) is 5.74. The molecule has 184 valence electrons. The second-order valence-corrected chi connectivity index (χ2v) is 8.08. The van der Waals surface area contributed by atoms with Crippen molar-refractivity contribution in [2.45, 2.75) is 38.8 Å². The van der Waals surface area contributed by atoms with Gasteiger partial charge in [-0.2, -0.15) is 18.3 Å². The first-order valence-electron chi connectivity index (χ1n) is 11.2. The van der Waals surface area contributed by atoms with E-state index < -0.39 is 23.3 Å². The molecule has 3 heterocycles. The molecule has 0 spiro atoms. The van der Waals surface area contributed by atoms with Crippen molar-refractivity contribution < 1.29 is 27.4 Å². The summed E-state index contributed by atoms with van der Waals surface area (Å²) in [6.45, 7) is 5.51. The molecule has 0 bridgehead atoms. The summed E-state index contributed by atoms with van der Waals surface area (Å²) in [5, 5.41) is 17.5. The van der Waals surface area contributed by atoms with Crippen LogP contribution in [0.1, 0.15) is 52.9 Å². The molecule has 0 atom stereocenters. The van der Waals surface area contributed by atoms with Crippen molar-refractivity contribution in [1.29, 1.82) is 0 Å². The van der Waals surface area contributed by atoms with Gasteiger partial charge in [-0.15, -0.1) is 15.3 Å². The summed E-state index contributed by atoms with van der Waals surface area (Å²) in [4.78, 5) is 12.7. The number of alkyl halides is 3. The van der Waals surface area contributed by atoms with Crippen molar-refractivity contribution in [2.75, 3.05) is 25.1 Å². The van der Waals surface area contributed by atoms with E-state index in [2.05, 4.69) is 25.7 Å². The second kappa shape index (κ2) is 10.3. The normalized spacial score (nSPS) is 14.5. The third-order valence-electron chi connectivity index (χ3n) is 5.74. The lowest BCUT2D eigenvalue weighted by Crippen LogP contribution is -2.20. The van der Waals surface area contributed by atoms with Gasteiger partial charge in [0.05, 0.1) is 24.1 Å². The summed E-state index contributed by atoms with van der Waals surface area (Å²) in [5.74, 6) is -0.249. The first-order chi connectivity index (χ1) is 16.8. The van der Waals surface area contributed by atoms with Crippen LogP contribution in [0.2, 0.25) is 0 Å². The van der Waals surface area contributed by atoms with Crippen LogP contribution in [0.15, 0.2) is 36.5 Å². The highest BCUT2D eigenvalue weighted by Gasteiger charge is 2.37. The van der Waals surface area contributed by atoms with E-state index in [-0.39, 0.29) is 5.92 Å². The van der Waals surface area contributed by atoms with Crippen molar-refractivity contribution in [3.05, 3.63) is 58.9 Å². The van der Waals surface area contributed by atoms with E-state index in [4.69, 9.17) is 9.47 Å². The molecule has 3 aromatic rings. The van der Waals surface area contributed by atoms with Crippen LogP contribution in [0, 0.1) is 6.92 Å². The third kappa shape index (κ3) is 5.56. The minimum Gasteiger partial charge on any atom is -0.477 e. The second-order valence-electron chi connectivity index (χ2n) is 8.08. The Kier molecular flexibility index (Phi) is 7.25. The van der Waals surface area contributed by atoms with Crippen molar-refractivity contribution in [2.24, 2.45) is 0 Å². The lowest BCUT2D eigenvalue weighted by atomic mass is 9.91. The molecular weight excluding hydrogens is 463 g/mol. The minimum atomic E-state index is -4.81. The highest BCUT2D eigenvalue weighted by Crippen LogP contribution is 2.36. The molecule has 11 heteroatoms. The molecule has 1 saturated heterocycles. The summed E-state index contributed by atoms with van der Waals surface area (Å²) in [7, 11) is 0. The Bertz CT molecular complexity index is 1210. The molecule has 0 aliphatic carbocycles.